The molecular weight excluding hydrogens is 261 g/mol. The predicted octanol–water partition coefficient (Wildman–Crippen LogP) is 3.69. The number of nitrogens with zero attached hydrogens (tertiary/aromatic N) is 1. The number of benzene rings is 1. The van der Waals surface area contributed by atoms with Gasteiger partial charge in [-0.05, 0) is 30.4 Å². The summed E-state index contributed by atoms with van der Waals surface area (Å²) in [5.74, 6) is -0.238. The Morgan fingerprint density at radius 2 is 2.11 bits per heavy atom. The average Bonchev–Trinajstić information content (AvgIpc) is 3.11. The molecule has 19 heavy (non-hydrogen) atoms. The van der Waals surface area contributed by atoms with Gasteiger partial charge in [0.1, 0.15) is 5.82 Å². The highest BCUT2D eigenvalue weighted by Gasteiger charge is 2.33. The normalized spacial score (nSPS) is 14.4. The smallest absolute Gasteiger partial charge is 0.255 e. The van der Waals surface area contributed by atoms with E-state index in [4.69, 9.17) is 0 Å². The number of amides is 1. The summed E-state index contributed by atoms with van der Waals surface area (Å²) in [5, 5.41) is 3.74. The Labute approximate surface area is 115 Å². The van der Waals surface area contributed by atoms with Crippen LogP contribution in [0.1, 0.15) is 28.8 Å². The maximum atomic E-state index is 13.7. The van der Waals surface area contributed by atoms with Crippen LogP contribution in [0.4, 0.5) is 4.39 Å². The van der Waals surface area contributed by atoms with Gasteiger partial charge in [-0.15, -0.1) is 0 Å². The lowest BCUT2D eigenvalue weighted by Crippen LogP contribution is -2.32. The van der Waals surface area contributed by atoms with Gasteiger partial charge < -0.3 is 4.90 Å². The van der Waals surface area contributed by atoms with Gasteiger partial charge in [0.2, 0.25) is 0 Å². The first kappa shape index (κ1) is 12.4. The van der Waals surface area contributed by atoms with Crippen LogP contribution in [0.25, 0.3) is 0 Å². The molecule has 3 rings (SSSR count). The van der Waals surface area contributed by atoms with E-state index in [2.05, 4.69) is 0 Å². The van der Waals surface area contributed by atoms with Crippen LogP contribution in [0.5, 0.6) is 0 Å². The molecule has 4 heteroatoms. The monoisotopic (exact) mass is 275 g/mol. The van der Waals surface area contributed by atoms with Crippen molar-refractivity contribution in [2.45, 2.75) is 25.4 Å². The highest BCUT2D eigenvalue weighted by Crippen LogP contribution is 2.30. The largest absolute Gasteiger partial charge is 0.331 e. The molecule has 0 atom stereocenters. The van der Waals surface area contributed by atoms with Crippen LogP contribution in [-0.4, -0.2) is 16.8 Å². The van der Waals surface area contributed by atoms with Crippen molar-refractivity contribution in [2.24, 2.45) is 0 Å². The van der Waals surface area contributed by atoms with Crippen molar-refractivity contribution >= 4 is 17.2 Å². The van der Waals surface area contributed by atoms with Gasteiger partial charge >= 0.3 is 0 Å². The molecule has 1 aromatic heterocycles. The SMILES string of the molecule is O=C(c1ccsc1)N(Cc1ccccc1F)C1CC1. The highest BCUT2D eigenvalue weighted by atomic mass is 32.1. The number of rotatable bonds is 4. The Bertz CT molecular complexity index is 578. The number of hydrogen-bond donors (Lipinski definition) is 0. The van der Waals surface area contributed by atoms with Gasteiger partial charge in [-0.2, -0.15) is 11.3 Å². The Kier molecular flexibility index (Phi) is 3.34. The van der Waals surface area contributed by atoms with Crippen LogP contribution < -0.4 is 0 Å². The van der Waals surface area contributed by atoms with E-state index in [1.807, 2.05) is 16.8 Å². The molecule has 0 saturated heterocycles. The average molecular weight is 275 g/mol. The van der Waals surface area contributed by atoms with E-state index in [1.54, 1.807) is 23.1 Å². The summed E-state index contributed by atoms with van der Waals surface area (Å²) in [4.78, 5) is 14.2. The lowest BCUT2D eigenvalue weighted by atomic mass is 10.2. The summed E-state index contributed by atoms with van der Waals surface area (Å²) in [6.45, 7) is 0.353. The maximum absolute atomic E-state index is 13.7. The summed E-state index contributed by atoms with van der Waals surface area (Å²) in [6, 6.07) is 8.75. The van der Waals surface area contributed by atoms with Crippen LogP contribution in [0.3, 0.4) is 0 Å². The standard InChI is InChI=1S/C15H14FNOS/c16-14-4-2-1-3-11(14)9-17(13-5-6-13)15(18)12-7-8-19-10-12/h1-4,7-8,10,13H,5-6,9H2. The molecule has 1 aliphatic rings. The first-order chi connectivity index (χ1) is 9.25. The van der Waals surface area contributed by atoms with Crippen molar-refractivity contribution in [3.05, 3.63) is 58.0 Å². The number of carbonyl (C=O) groups excluding carboxylic acids is 1. The maximum Gasteiger partial charge on any atom is 0.255 e. The first-order valence-electron chi connectivity index (χ1n) is 6.32. The zero-order valence-corrected chi connectivity index (χ0v) is 11.2. The molecule has 1 aromatic carbocycles. The molecule has 1 saturated carbocycles. The van der Waals surface area contributed by atoms with Gasteiger partial charge in [0, 0.05) is 23.5 Å². The minimum absolute atomic E-state index is 0.00648. The zero-order chi connectivity index (χ0) is 13.2. The Balaban J connectivity index is 1.82. The quantitative estimate of drug-likeness (QED) is 0.833. The molecule has 0 radical (unpaired) electrons. The summed E-state index contributed by atoms with van der Waals surface area (Å²) < 4.78 is 13.7. The van der Waals surface area contributed by atoms with Gasteiger partial charge in [-0.25, -0.2) is 4.39 Å². The summed E-state index contributed by atoms with van der Waals surface area (Å²) in [7, 11) is 0. The second-order valence-corrected chi connectivity index (χ2v) is 5.55. The topological polar surface area (TPSA) is 20.3 Å². The van der Waals surface area contributed by atoms with Crippen LogP contribution in [0, 0.1) is 5.82 Å². The van der Waals surface area contributed by atoms with Crippen LogP contribution in [0.15, 0.2) is 41.1 Å². The zero-order valence-electron chi connectivity index (χ0n) is 10.4. The second kappa shape index (κ2) is 5.13. The molecule has 98 valence electrons. The molecule has 1 heterocycles. The first-order valence-corrected chi connectivity index (χ1v) is 7.26. The Morgan fingerprint density at radius 3 is 2.74 bits per heavy atom. The number of halogens is 1. The third kappa shape index (κ3) is 2.68. The number of thiophene rings is 1. The predicted molar refractivity (Wildman–Crippen MR) is 73.6 cm³/mol. The molecule has 0 N–H and O–H groups in total. The molecular formula is C15H14FNOS. The molecule has 0 bridgehead atoms. The summed E-state index contributed by atoms with van der Waals surface area (Å²) >= 11 is 1.51. The van der Waals surface area contributed by atoms with Gasteiger partial charge in [0.15, 0.2) is 0 Å². The third-order valence-electron chi connectivity index (χ3n) is 3.32. The van der Waals surface area contributed by atoms with E-state index in [0.29, 0.717) is 17.7 Å². The summed E-state index contributed by atoms with van der Waals surface area (Å²) in [5.41, 5.74) is 1.28. The molecule has 0 aliphatic heterocycles. The fourth-order valence-corrected chi connectivity index (χ4v) is 2.74. The van der Waals surface area contributed by atoms with E-state index in [0.717, 1.165) is 12.8 Å². The molecule has 2 nitrogen and oxygen atoms in total. The van der Waals surface area contributed by atoms with Crippen molar-refractivity contribution < 1.29 is 9.18 Å². The van der Waals surface area contributed by atoms with Crippen molar-refractivity contribution in [3.63, 3.8) is 0 Å². The Hall–Kier alpha value is -1.68. The van der Waals surface area contributed by atoms with Crippen LogP contribution in [0.2, 0.25) is 0 Å². The van der Waals surface area contributed by atoms with Crippen molar-refractivity contribution in [1.29, 1.82) is 0 Å². The van der Waals surface area contributed by atoms with E-state index < -0.39 is 0 Å². The lowest BCUT2D eigenvalue weighted by molar-refractivity contribution is 0.0729. The fourth-order valence-electron chi connectivity index (χ4n) is 2.12. The van der Waals surface area contributed by atoms with Crippen molar-refractivity contribution in [2.75, 3.05) is 0 Å². The van der Waals surface area contributed by atoms with E-state index >= 15 is 0 Å². The molecule has 1 aliphatic carbocycles. The molecule has 2 aromatic rings. The summed E-state index contributed by atoms with van der Waals surface area (Å²) in [6.07, 6.45) is 2.04. The molecule has 1 fully saturated rings. The number of hydrogen-bond acceptors (Lipinski definition) is 2. The van der Waals surface area contributed by atoms with Gasteiger partial charge in [0.05, 0.1) is 5.56 Å². The Morgan fingerprint density at radius 1 is 1.32 bits per heavy atom. The lowest BCUT2D eigenvalue weighted by Gasteiger charge is -2.22. The molecule has 0 unspecified atom stereocenters. The highest BCUT2D eigenvalue weighted by molar-refractivity contribution is 7.08. The molecule has 0 spiro atoms. The van der Waals surface area contributed by atoms with Crippen molar-refractivity contribution in [3.8, 4) is 0 Å². The van der Waals surface area contributed by atoms with Crippen LogP contribution in [-0.2, 0) is 6.54 Å². The van der Waals surface area contributed by atoms with E-state index in [9.17, 15) is 9.18 Å². The van der Waals surface area contributed by atoms with Crippen molar-refractivity contribution in [1.82, 2.24) is 4.90 Å². The van der Waals surface area contributed by atoms with Gasteiger partial charge in [-0.3, -0.25) is 4.79 Å². The molecule has 1 amide bonds. The van der Waals surface area contributed by atoms with E-state index in [-0.39, 0.29) is 17.8 Å². The van der Waals surface area contributed by atoms with E-state index in [1.165, 1.54) is 17.4 Å². The van der Waals surface area contributed by atoms with Gasteiger partial charge in [0.25, 0.3) is 5.91 Å². The van der Waals surface area contributed by atoms with Gasteiger partial charge in [-0.1, -0.05) is 18.2 Å². The third-order valence-corrected chi connectivity index (χ3v) is 4.00. The minimum atomic E-state index is -0.244. The number of carbonyl (C=O) groups is 1. The fraction of sp³-hybridized carbons (Fsp3) is 0.267. The van der Waals surface area contributed by atoms with Crippen LogP contribution >= 0.6 is 11.3 Å². The second-order valence-electron chi connectivity index (χ2n) is 4.77. The minimum Gasteiger partial charge on any atom is -0.331 e.